The number of pyridine rings is 2. The smallest absolute Gasteiger partial charge is 0.312 e. The highest BCUT2D eigenvalue weighted by molar-refractivity contribution is 5.85. The number of aromatic amines is 1. The molecule has 0 amide bonds. The number of esters is 1. The van der Waals surface area contributed by atoms with Crippen molar-refractivity contribution in [2.45, 2.75) is 32.2 Å². The lowest BCUT2D eigenvalue weighted by atomic mass is 9.87. The third-order valence-corrected chi connectivity index (χ3v) is 5.32. The Morgan fingerprint density at radius 2 is 2.04 bits per heavy atom. The lowest BCUT2D eigenvalue weighted by Gasteiger charge is -2.24. The van der Waals surface area contributed by atoms with Crippen molar-refractivity contribution in [3.63, 3.8) is 0 Å². The number of rotatable bonds is 1. The van der Waals surface area contributed by atoms with Crippen LogP contribution < -0.4 is 15.9 Å². The highest BCUT2D eigenvalue weighted by Gasteiger charge is 2.34. The van der Waals surface area contributed by atoms with Gasteiger partial charge in [0.15, 0.2) is 0 Å². The minimum Gasteiger partial charge on any atom is -0.426 e. The van der Waals surface area contributed by atoms with Crippen LogP contribution in [0.3, 0.4) is 0 Å². The number of carbonyl (C=O) groups excluding carboxylic acids is 1. The topological polar surface area (TPSA) is 81.2 Å². The van der Waals surface area contributed by atoms with Gasteiger partial charge in [0.1, 0.15) is 5.75 Å². The molecule has 1 atom stereocenters. The number of nitrogens with zero attached hydrogens (tertiary/aromatic N) is 1. The number of hydrogen-bond donors (Lipinski definition) is 1. The van der Waals surface area contributed by atoms with E-state index in [1.54, 1.807) is 17.6 Å². The Labute approximate surface area is 148 Å². The fourth-order valence-corrected chi connectivity index (χ4v) is 4.22. The molecule has 3 aromatic rings. The molecule has 0 spiro atoms. The molecule has 0 saturated carbocycles. The standard InChI is InChI=1S/C20H16N2O4/c1-10-7-15-17(19(24)21-10)13(9-16(23)26-15)14-8-12-4-2-3-11-5-6-22(18(11)12)20(14)25/h2-4,7-8,13H,5-6,9H2,1H3,(H,21,24)/t13-/m0/s1. The molecule has 1 N–H and O–H groups in total. The number of benzene rings is 1. The molecule has 2 aliphatic heterocycles. The molecule has 130 valence electrons. The number of ether oxygens (including phenoxy) is 1. The second-order valence-corrected chi connectivity index (χ2v) is 6.95. The molecule has 0 radical (unpaired) electrons. The Kier molecular flexibility index (Phi) is 3.01. The summed E-state index contributed by atoms with van der Waals surface area (Å²) in [6.07, 6.45) is 0.804. The van der Waals surface area contributed by atoms with Crippen molar-refractivity contribution < 1.29 is 9.53 Å². The minimum atomic E-state index is -0.597. The van der Waals surface area contributed by atoms with Crippen molar-refractivity contribution in [3.8, 4) is 5.75 Å². The van der Waals surface area contributed by atoms with Gasteiger partial charge in [0.05, 0.1) is 17.5 Å². The molecule has 0 fully saturated rings. The molecule has 5 rings (SSSR count). The lowest BCUT2D eigenvalue weighted by molar-refractivity contribution is -0.135. The van der Waals surface area contributed by atoms with Gasteiger partial charge in [0.2, 0.25) is 0 Å². The van der Waals surface area contributed by atoms with E-state index in [1.165, 1.54) is 0 Å². The summed E-state index contributed by atoms with van der Waals surface area (Å²) in [6.45, 7) is 2.35. The number of carbonyl (C=O) groups is 1. The predicted octanol–water partition coefficient (Wildman–Crippen LogP) is 2.00. The largest absolute Gasteiger partial charge is 0.426 e. The van der Waals surface area contributed by atoms with Gasteiger partial charge in [-0.1, -0.05) is 18.2 Å². The van der Waals surface area contributed by atoms with Crippen LogP contribution in [0.1, 0.15) is 34.7 Å². The second-order valence-electron chi connectivity index (χ2n) is 6.95. The Hall–Kier alpha value is -3.15. The molecule has 2 aromatic heterocycles. The molecular weight excluding hydrogens is 332 g/mol. The zero-order valence-corrected chi connectivity index (χ0v) is 14.2. The average Bonchev–Trinajstić information content (AvgIpc) is 3.02. The van der Waals surface area contributed by atoms with Crippen molar-refractivity contribution in [3.05, 3.63) is 73.4 Å². The first-order chi connectivity index (χ1) is 12.5. The Morgan fingerprint density at radius 1 is 1.19 bits per heavy atom. The summed E-state index contributed by atoms with van der Waals surface area (Å²) in [5.41, 5.74) is 3.11. The van der Waals surface area contributed by atoms with Crippen LogP contribution in [0.4, 0.5) is 0 Å². The molecule has 0 saturated heterocycles. The van der Waals surface area contributed by atoms with E-state index in [4.69, 9.17) is 4.74 Å². The zero-order chi connectivity index (χ0) is 18.0. The first-order valence-corrected chi connectivity index (χ1v) is 8.63. The summed E-state index contributed by atoms with van der Waals surface area (Å²) >= 11 is 0. The number of fused-ring (bicyclic) bond motifs is 1. The van der Waals surface area contributed by atoms with Crippen molar-refractivity contribution in [1.29, 1.82) is 0 Å². The van der Waals surface area contributed by atoms with Crippen LogP contribution in [0.5, 0.6) is 5.75 Å². The van der Waals surface area contributed by atoms with Crippen LogP contribution in [0, 0.1) is 6.92 Å². The quantitative estimate of drug-likeness (QED) is 0.682. The number of H-pyrrole nitrogens is 1. The molecule has 2 aliphatic rings. The summed E-state index contributed by atoms with van der Waals surface area (Å²) in [6, 6.07) is 9.43. The van der Waals surface area contributed by atoms with Gasteiger partial charge in [-0.25, -0.2) is 0 Å². The Morgan fingerprint density at radius 3 is 2.88 bits per heavy atom. The maximum atomic E-state index is 13.1. The van der Waals surface area contributed by atoms with E-state index in [2.05, 4.69) is 4.98 Å². The SMILES string of the molecule is Cc1cc2c(c(=O)[nH]1)[C@H](c1cc3cccc4c3n(c1=O)CC4)CC(=O)O2. The predicted molar refractivity (Wildman–Crippen MR) is 95.8 cm³/mol. The van der Waals surface area contributed by atoms with Gasteiger partial charge in [0.25, 0.3) is 11.1 Å². The number of nitrogens with one attached hydrogen (secondary N) is 1. The molecule has 6 nitrogen and oxygen atoms in total. The Bertz CT molecular complexity index is 1220. The summed E-state index contributed by atoms with van der Waals surface area (Å²) in [5, 5.41) is 0.957. The van der Waals surface area contributed by atoms with Gasteiger partial charge >= 0.3 is 5.97 Å². The van der Waals surface area contributed by atoms with Crippen LogP contribution in [0.2, 0.25) is 0 Å². The molecular formula is C20H16N2O4. The molecule has 0 bridgehead atoms. The van der Waals surface area contributed by atoms with Crippen LogP contribution in [0.15, 0.2) is 39.9 Å². The fourth-order valence-electron chi connectivity index (χ4n) is 4.22. The van der Waals surface area contributed by atoms with Crippen LogP contribution in [0.25, 0.3) is 10.9 Å². The third-order valence-electron chi connectivity index (χ3n) is 5.32. The molecule has 0 aliphatic carbocycles. The first kappa shape index (κ1) is 15.1. The van der Waals surface area contributed by atoms with Crippen molar-refractivity contribution in [1.82, 2.24) is 9.55 Å². The molecule has 0 unspecified atom stereocenters. The maximum Gasteiger partial charge on any atom is 0.312 e. The van der Waals surface area contributed by atoms with Crippen molar-refractivity contribution in [2.75, 3.05) is 0 Å². The van der Waals surface area contributed by atoms with E-state index in [-0.39, 0.29) is 23.3 Å². The van der Waals surface area contributed by atoms with Crippen molar-refractivity contribution in [2.24, 2.45) is 0 Å². The molecule has 6 heteroatoms. The number of para-hydroxylation sites is 1. The molecule has 4 heterocycles. The highest BCUT2D eigenvalue weighted by atomic mass is 16.5. The van der Waals surface area contributed by atoms with Crippen LogP contribution in [-0.2, 0) is 17.8 Å². The highest BCUT2D eigenvalue weighted by Crippen LogP contribution is 2.37. The first-order valence-electron chi connectivity index (χ1n) is 8.63. The van der Waals surface area contributed by atoms with E-state index in [0.717, 1.165) is 22.9 Å². The number of hydrogen-bond acceptors (Lipinski definition) is 4. The van der Waals surface area contributed by atoms with E-state index in [9.17, 15) is 14.4 Å². The second kappa shape index (κ2) is 5.17. The van der Waals surface area contributed by atoms with Gasteiger partial charge in [-0.15, -0.1) is 0 Å². The summed E-state index contributed by atoms with van der Waals surface area (Å²) in [4.78, 5) is 40.6. The summed E-state index contributed by atoms with van der Waals surface area (Å²) in [5.74, 6) is -0.773. The third kappa shape index (κ3) is 2.02. The van der Waals surface area contributed by atoms with E-state index in [1.807, 2.05) is 24.3 Å². The number of aryl methyl sites for hydroxylation is 3. The number of aromatic nitrogens is 2. The van der Waals surface area contributed by atoms with Gasteiger partial charge in [-0.2, -0.15) is 0 Å². The van der Waals surface area contributed by atoms with Gasteiger partial charge < -0.3 is 14.3 Å². The fraction of sp³-hybridized carbons (Fsp3) is 0.250. The zero-order valence-electron chi connectivity index (χ0n) is 14.2. The van der Waals surface area contributed by atoms with E-state index < -0.39 is 11.9 Å². The summed E-state index contributed by atoms with van der Waals surface area (Å²) in [7, 11) is 0. The maximum absolute atomic E-state index is 13.1. The monoisotopic (exact) mass is 348 g/mol. The normalized spacial score (nSPS) is 18.0. The van der Waals surface area contributed by atoms with Crippen LogP contribution in [-0.4, -0.2) is 15.5 Å². The minimum absolute atomic E-state index is 0.0143. The average molecular weight is 348 g/mol. The molecule has 1 aromatic carbocycles. The Balaban J connectivity index is 1.81. The van der Waals surface area contributed by atoms with Crippen LogP contribution >= 0.6 is 0 Å². The van der Waals surface area contributed by atoms with Crippen molar-refractivity contribution >= 4 is 16.9 Å². The lowest BCUT2D eigenvalue weighted by Crippen LogP contribution is -2.33. The summed E-state index contributed by atoms with van der Waals surface area (Å²) < 4.78 is 7.04. The van der Waals surface area contributed by atoms with Gasteiger partial charge in [-0.05, 0) is 30.4 Å². The van der Waals surface area contributed by atoms with Gasteiger partial charge in [0, 0.05) is 29.8 Å². The molecule has 26 heavy (non-hydrogen) atoms. The van der Waals surface area contributed by atoms with E-state index in [0.29, 0.717) is 23.4 Å². The van der Waals surface area contributed by atoms with E-state index >= 15 is 0 Å². The van der Waals surface area contributed by atoms with Gasteiger partial charge in [-0.3, -0.25) is 14.4 Å².